The molecule has 0 unspecified atom stereocenters. The van der Waals surface area contributed by atoms with Crippen LogP contribution in [0.1, 0.15) is 16.1 Å². The summed E-state index contributed by atoms with van der Waals surface area (Å²) in [5.41, 5.74) is 0.747. The zero-order chi connectivity index (χ0) is 12.3. The van der Waals surface area contributed by atoms with Crippen molar-refractivity contribution in [2.75, 3.05) is 0 Å². The van der Waals surface area contributed by atoms with Gasteiger partial charge >= 0.3 is 0 Å². The highest BCUT2D eigenvalue weighted by molar-refractivity contribution is 5.97. The van der Waals surface area contributed by atoms with Crippen molar-refractivity contribution < 1.29 is 13.6 Å². The second-order valence-corrected chi connectivity index (χ2v) is 3.55. The van der Waals surface area contributed by atoms with Crippen molar-refractivity contribution in [2.45, 2.75) is 6.42 Å². The molecule has 1 aromatic carbocycles. The molecule has 0 fully saturated rings. The van der Waals surface area contributed by atoms with E-state index in [1.54, 1.807) is 24.4 Å². The quantitative estimate of drug-likeness (QED) is 0.763. The number of ketones is 1. The van der Waals surface area contributed by atoms with Crippen molar-refractivity contribution in [3.8, 4) is 0 Å². The number of carbonyl (C=O) groups excluding carboxylic acids is 1. The highest BCUT2D eigenvalue weighted by atomic mass is 19.2. The second-order valence-electron chi connectivity index (χ2n) is 3.55. The summed E-state index contributed by atoms with van der Waals surface area (Å²) in [4.78, 5) is 15.7. The Bertz CT molecular complexity index is 540. The van der Waals surface area contributed by atoms with Gasteiger partial charge < -0.3 is 0 Å². The molecule has 1 aromatic heterocycles. The maximum absolute atomic E-state index is 12.9. The molecule has 0 aliphatic carbocycles. The van der Waals surface area contributed by atoms with E-state index in [1.165, 1.54) is 6.07 Å². The minimum absolute atomic E-state index is 0.0753. The molecule has 86 valence electrons. The molecule has 0 N–H and O–H groups in total. The molecule has 0 bridgehead atoms. The van der Waals surface area contributed by atoms with Gasteiger partial charge in [-0.25, -0.2) is 8.78 Å². The van der Waals surface area contributed by atoms with Crippen LogP contribution in [-0.2, 0) is 6.42 Å². The number of carbonyl (C=O) groups is 1. The average Bonchev–Trinajstić information content (AvgIpc) is 2.34. The van der Waals surface area contributed by atoms with Crippen LogP contribution in [0.4, 0.5) is 8.78 Å². The number of pyridine rings is 1. The zero-order valence-electron chi connectivity index (χ0n) is 8.86. The Hall–Kier alpha value is -2.10. The standard InChI is InChI=1S/C13H9F2NO/c14-11-5-4-9(7-12(11)15)13(17)8-10-3-1-2-6-16-10/h1-7H,8H2. The van der Waals surface area contributed by atoms with E-state index < -0.39 is 11.6 Å². The summed E-state index contributed by atoms with van der Waals surface area (Å²) in [5.74, 6) is -2.26. The summed E-state index contributed by atoms with van der Waals surface area (Å²) in [6, 6.07) is 8.33. The molecule has 4 heteroatoms. The molecule has 0 atom stereocenters. The normalized spacial score (nSPS) is 10.2. The van der Waals surface area contributed by atoms with Gasteiger partial charge in [-0.05, 0) is 30.3 Å². The zero-order valence-corrected chi connectivity index (χ0v) is 8.86. The van der Waals surface area contributed by atoms with Crippen LogP contribution in [-0.4, -0.2) is 10.8 Å². The second kappa shape index (κ2) is 4.82. The molecule has 0 aliphatic rings. The fourth-order valence-corrected chi connectivity index (χ4v) is 1.44. The summed E-state index contributed by atoms with van der Waals surface area (Å²) in [7, 11) is 0. The molecule has 17 heavy (non-hydrogen) atoms. The Morgan fingerprint density at radius 1 is 1.12 bits per heavy atom. The molecule has 0 aliphatic heterocycles. The number of hydrogen-bond acceptors (Lipinski definition) is 2. The molecule has 1 heterocycles. The Kier molecular flexibility index (Phi) is 3.23. The van der Waals surface area contributed by atoms with Crippen LogP contribution in [0.3, 0.4) is 0 Å². The first-order valence-electron chi connectivity index (χ1n) is 5.05. The number of hydrogen-bond donors (Lipinski definition) is 0. The first kappa shape index (κ1) is 11.4. The van der Waals surface area contributed by atoms with E-state index in [1.807, 2.05) is 0 Å². The van der Waals surface area contributed by atoms with E-state index in [-0.39, 0.29) is 17.8 Å². The van der Waals surface area contributed by atoms with Gasteiger partial charge in [0, 0.05) is 17.5 Å². The highest BCUT2D eigenvalue weighted by Crippen LogP contribution is 2.11. The van der Waals surface area contributed by atoms with Crippen LogP contribution in [0.25, 0.3) is 0 Å². The Morgan fingerprint density at radius 3 is 2.59 bits per heavy atom. The minimum atomic E-state index is -1.02. The van der Waals surface area contributed by atoms with E-state index in [4.69, 9.17) is 0 Å². The first-order chi connectivity index (χ1) is 8.16. The Morgan fingerprint density at radius 2 is 1.94 bits per heavy atom. The molecule has 0 saturated carbocycles. The molecule has 2 aromatic rings. The van der Waals surface area contributed by atoms with E-state index >= 15 is 0 Å². The fourth-order valence-electron chi connectivity index (χ4n) is 1.44. The van der Waals surface area contributed by atoms with Gasteiger partial charge in [0.05, 0.1) is 6.42 Å². The maximum atomic E-state index is 12.9. The lowest BCUT2D eigenvalue weighted by Gasteiger charge is -2.01. The lowest BCUT2D eigenvalue weighted by molar-refractivity contribution is 0.0991. The van der Waals surface area contributed by atoms with E-state index in [9.17, 15) is 13.6 Å². The molecule has 0 saturated heterocycles. The smallest absolute Gasteiger partial charge is 0.168 e. The third-order valence-electron chi connectivity index (χ3n) is 2.31. The summed E-state index contributed by atoms with van der Waals surface area (Å²) >= 11 is 0. The largest absolute Gasteiger partial charge is 0.294 e. The number of nitrogens with zero attached hydrogens (tertiary/aromatic N) is 1. The molecule has 2 rings (SSSR count). The van der Waals surface area contributed by atoms with Crippen LogP contribution in [0.15, 0.2) is 42.6 Å². The van der Waals surface area contributed by atoms with Crippen molar-refractivity contribution in [1.82, 2.24) is 4.98 Å². The fraction of sp³-hybridized carbons (Fsp3) is 0.0769. The van der Waals surface area contributed by atoms with Crippen molar-refractivity contribution in [3.63, 3.8) is 0 Å². The Labute approximate surface area is 96.9 Å². The molecule has 2 nitrogen and oxygen atoms in total. The monoisotopic (exact) mass is 233 g/mol. The Balaban J connectivity index is 2.18. The summed E-state index contributed by atoms with van der Waals surface area (Å²) in [6.07, 6.45) is 1.65. The number of rotatable bonds is 3. The lowest BCUT2D eigenvalue weighted by Crippen LogP contribution is -2.05. The van der Waals surface area contributed by atoms with Gasteiger partial charge in [0.2, 0.25) is 0 Å². The maximum Gasteiger partial charge on any atom is 0.168 e. The van der Waals surface area contributed by atoms with Crippen molar-refractivity contribution >= 4 is 5.78 Å². The predicted molar refractivity (Wildman–Crippen MR) is 58.6 cm³/mol. The summed E-state index contributed by atoms with van der Waals surface area (Å²) < 4.78 is 25.6. The molecule has 0 spiro atoms. The molecule has 0 radical (unpaired) electrons. The van der Waals surface area contributed by atoms with E-state index in [2.05, 4.69) is 4.98 Å². The van der Waals surface area contributed by atoms with Gasteiger partial charge in [-0.1, -0.05) is 6.07 Å². The molecular weight excluding hydrogens is 224 g/mol. The first-order valence-corrected chi connectivity index (χ1v) is 5.05. The number of aromatic nitrogens is 1. The average molecular weight is 233 g/mol. The van der Waals surface area contributed by atoms with Crippen LogP contribution in [0, 0.1) is 11.6 Å². The molecular formula is C13H9F2NO. The topological polar surface area (TPSA) is 30.0 Å². The predicted octanol–water partition coefficient (Wildman–Crippen LogP) is 2.79. The van der Waals surface area contributed by atoms with Gasteiger partial charge in [-0.3, -0.25) is 9.78 Å². The highest BCUT2D eigenvalue weighted by Gasteiger charge is 2.10. The van der Waals surface area contributed by atoms with E-state index in [0.29, 0.717) is 5.69 Å². The molecule has 0 amide bonds. The van der Waals surface area contributed by atoms with Crippen LogP contribution >= 0.6 is 0 Å². The van der Waals surface area contributed by atoms with Gasteiger partial charge in [0.1, 0.15) is 0 Å². The van der Waals surface area contributed by atoms with E-state index in [0.717, 1.165) is 12.1 Å². The van der Waals surface area contributed by atoms with Gasteiger partial charge in [-0.15, -0.1) is 0 Å². The number of benzene rings is 1. The minimum Gasteiger partial charge on any atom is -0.294 e. The lowest BCUT2D eigenvalue weighted by atomic mass is 10.1. The van der Waals surface area contributed by atoms with Crippen LogP contribution in [0.5, 0.6) is 0 Å². The van der Waals surface area contributed by atoms with Gasteiger partial charge in [-0.2, -0.15) is 0 Å². The van der Waals surface area contributed by atoms with Crippen molar-refractivity contribution in [2.24, 2.45) is 0 Å². The van der Waals surface area contributed by atoms with Crippen molar-refractivity contribution in [3.05, 3.63) is 65.5 Å². The van der Waals surface area contributed by atoms with Crippen molar-refractivity contribution in [1.29, 1.82) is 0 Å². The summed E-state index contributed by atoms with van der Waals surface area (Å²) in [6.45, 7) is 0. The van der Waals surface area contributed by atoms with Crippen LogP contribution < -0.4 is 0 Å². The summed E-state index contributed by atoms with van der Waals surface area (Å²) in [5, 5.41) is 0. The van der Waals surface area contributed by atoms with Crippen LogP contribution in [0.2, 0.25) is 0 Å². The number of Topliss-reactive ketones (excluding diaryl/α,β-unsaturated/α-hetero) is 1. The number of halogens is 2. The SMILES string of the molecule is O=C(Cc1ccccn1)c1ccc(F)c(F)c1. The van der Waals surface area contributed by atoms with Gasteiger partial charge in [0.15, 0.2) is 17.4 Å². The third kappa shape index (κ3) is 2.72. The third-order valence-corrected chi connectivity index (χ3v) is 2.31. The van der Waals surface area contributed by atoms with Gasteiger partial charge in [0.25, 0.3) is 0 Å².